The van der Waals surface area contributed by atoms with E-state index in [1.54, 1.807) is 4.68 Å². The minimum Gasteiger partial charge on any atom is -0.407 e. The third-order valence-electron chi connectivity index (χ3n) is 4.82. The van der Waals surface area contributed by atoms with E-state index in [1.165, 1.54) is 6.92 Å². The molecule has 0 radical (unpaired) electrons. The van der Waals surface area contributed by atoms with Crippen molar-refractivity contribution in [1.82, 2.24) is 9.78 Å². The minimum absolute atomic E-state index is 0.00945. The van der Waals surface area contributed by atoms with Gasteiger partial charge in [-0.1, -0.05) is 50.6 Å². The van der Waals surface area contributed by atoms with Gasteiger partial charge >= 0.3 is 5.97 Å². The van der Waals surface area contributed by atoms with Gasteiger partial charge in [-0.25, -0.2) is 0 Å². The zero-order chi connectivity index (χ0) is 22.5. The van der Waals surface area contributed by atoms with Crippen LogP contribution in [0.2, 0.25) is 0 Å². The third-order valence-corrected chi connectivity index (χ3v) is 4.82. The molecule has 1 N–H and O–H groups in total. The molecule has 2 aromatic carbocycles. The van der Waals surface area contributed by atoms with Gasteiger partial charge in [0.1, 0.15) is 0 Å². The molecule has 0 spiro atoms. The summed E-state index contributed by atoms with van der Waals surface area (Å²) in [7, 11) is 0. The van der Waals surface area contributed by atoms with E-state index < -0.39 is 5.97 Å². The molecule has 0 unspecified atom stereocenters. The molecule has 1 amide bonds. The van der Waals surface area contributed by atoms with Crippen LogP contribution in [-0.4, -0.2) is 21.7 Å². The lowest BCUT2D eigenvalue weighted by molar-refractivity contribution is -0.132. The summed E-state index contributed by atoms with van der Waals surface area (Å²) in [5, 5.41) is 7.65. The van der Waals surface area contributed by atoms with Crippen LogP contribution >= 0.6 is 0 Å². The number of hydrogen-bond acceptors (Lipinski definition) is 4. The van der Waals surface area contributed by atoms with E-state index in [2.05, 4.69) is 5.32 Å². The van der Waals surface area contributed by atoms with E-state index in [1.807, 2.05) is 76.2 Å². The zero-order valence-electron chi connectivity index (χ0n) is 18.7. The summed E-state index contributed by atoms with van der Waals surface area (Å²) in [4.78, 5) is 23.9. The Morgan fingerprint density at radius 3 is 2.26 bits per heavy atom. The standard InChI is InChI=1S/C25H29N3O3/c1-6-22-24(19-9-11-20(12-10-19)26-23(30)15-16(2)3)25(31-18(5)29)28(27-22)21-13-7-17(4)8-14-21/h7-14,16H,6,15H2,1-5H3,(H,26,30). The Hall–Kier alpha value is -3.41. The van der Waals surface area contributed by atoms with E-state index in [0.717, 1.165) is 33.8 Å². The van der Waals surface area contributed by atoms with Gasteiger partial charge in [0.2, 0.25) is 11.8 Å². The normalized spacial score (nSPS) is 10.9. The SMILES string of the molecule is CCc1nn(-c2ccc(C)cc2)c(OC(C)=O)c1-c1ccc(NC(=O)CC(C)C)cc1. The fraction of sp³-hybridized carbons (Fsp3) is 0.320. The van der Waals surface area contributed by atoms with Crippen LogP contribution in [0.4, 0.5) is 5.69 Å². The van der Waals surface area contributed by atoms with E-state index in [9.17, 15) is 9.59 Å². The number of ether oxygens (including phenoxy) is 1. The summed E-state index contributed by atoms with van der Waals surface area (Å²) in [6.07, 6.45) is 1.15. The first-order valence-electron chi connectivity index (χ1n) is 10.6. The highest BCUT2D eigenvalue weighted by Gasteiger charge is 2.22. The van der Waals surface area contributed by atoms with Gasteiger partial charge in [-0.3, -0.25) is 9.59 Å². The number of nitrogens with zero attached hydrogens (tertiary/aromatic N) is 2. The number of anilines is 1. The Morgan fingerprint density at radius 2 is 1.71 bits per heavy atom. The molecule has 0 aliphatic rings. The molecule has 6 nitrogen and oxygen atoms in total. The van der Waals surface area contributed by atoms with Gasteiger partial charge in [0.15, 0.2) is 0 Å². The molecule has 3 rings (SSSR count). The lowest BCUT2D eigenvalue weighted by atomic mass is 10.0. The lowest BCUT2D eigenvalue weighted by Crippen LogP contribution is -2.13. The Labute approximate surface area is 183 Å². The Morgan fingerprint density at radius 1 is 1.06 bits per heavy atom. The molecule has 0 saturated carbocycles. The summed E-state index contributed by atoms with van der Waals surface area (Å²) in [5.41, 5.74) is 5.16. The number of aromatic nitrogens is 2. The molecule has 1 heterocycles. The Balaban J connectivity index is 2.02. The number of rotatable bonds is 7. The monoisotopic (exact) mass is 419 g/mol. The van der Waals surface area contributed by atoms with Crippen LogP contribution in [0.15, 0.2) is 48.5 Å². The zero-order valence-corrected chi connectivity index (χ0v) is 18.7. The van der Waals surface area contributed by atoms with Crippen molar-refractivity contribution in [2.24, 2.45) is 5.92 Å². The number of hydrogen-bond donors (Lipinski definition) is 1. The fourth-order valence-corrected chi connectivity index (χ4v) is 3.38. The molecule has 0 bridgehead atoms. The van der Waals surface area contributed by atoms with Crippen LogP contribution in [-0.2, 0) is 16.0 Å². The second kappa shape index (κ2) is 9.60. The number of benzene rings is 2. The van der Waals surface area contributed by atoms with Crippen molar-refractivity contribution in [2.75, 3.05) is 5.32 Å². The highest BCUT2D eigenvalue weighted by atomic mass is 16.5. The van der Waals surface area contributed by atoms with Crippen molar-refractivity contribution in [2.45, 2.75) is 47.5 Å². The smallest absolute Gasteiger partial charge is 0.309 e. The molecule has 0 aliphatic heterocycles. The maximum absolute atomic E-state index is 12.1. The summed E-state index contributed by atoms with van der Waals surface area (Å²) in [6, 6.07) is 15.4. The van der Waals surface area contributed by atoms with Gasteiger partial charge in [0.25, 0.3) is 0 Å². The quantitative estimate of drug-likeness (QED) is 0.526. The van der Waals surface area contributed by atoms with E-state index >= 15 is 0 Å². The topological polar surface area (TPSA) is 73.2 Å². The van der Waals surface area contributed by atoms with Crippen LogP contribution < -0.4 is 10.1 Å². The Kier molecular flexibility index (Phi) is 6.90. The van der Waals surface area contributed by atoms with E-state index in [4.69, 9.17) is 9.84 Å². The molecular formula is C25H29N3O3. The summed E-state index contributed by atoms with van der Waals surface area (Å²) in [5.74, 6) is 0.273. The van der Waals surface area contributed by atoms with Gasteiger partial charge in [-0.05, 0) is 49.1 Å². The summed E-state index contributed by atoms with van der Waals surface area (Å²) < 4.78 is 7.30. The number of carbonyl (C=O) groups excluding carboxylic acids is 2. The molecular weight excluding hydrogens is 390 g/mol. The Bertz CT molecular complexity index is 1060. The van der Waals surface area contributed by atoms with Crippen LogP contribution in [0.25, 0.3) is 16.8 Å². The van der Waals surface area contributed by atoms with Gasteiger partial charge in [-0.15, -0.1) is 0 Å². The van der Waals surface area contributed by atoms with Crippen LogP contribution in [0.1, 0.15) is 45.4 Å². The predicted octanol–water partition coefficient (Wildman–Crippen LogP) is 5.32. The molecule has 1 aromatic heterocycles. The first kappa shape index (κ1) is 22.3. The molecule has 31 heavy (non-hydrogen) atoms. The van der Waals surface area contributed by atoms with Crippen LogP contribution in [0.3, 0.4) is 0 Å². The number of esters is 1. The number of carbonyl (C=O) groups is 2. The van der Waals surface area contributed by atoms with Gasteiger partial charge in [-0.2, -0.15) is 9.78 Å². The van der Waals surface area contributed by atoms with Gasteiger partial charge in [0.05, 0.1) is 16.9 Å². The fourth-order valence-electron chi connectivity index (χ4n) is 3.38. The lowest BCUT2D eigenvalue weighted by Gasteiger charge is -2.11. The van der Waals surface area contributed by atoms with Crippen molar-refractivity contribution >= 4 is 17.6 Å². The third kappa shape index (κ3) is 5.40. The minimum atomic E-state index is -0.408. The maximum Gasteiger partial charge on any atom is 0.309 e. The van der Waals surface area contributed by atoms with Crippen LogP contribution in [0.5, 0.6) is 5.88 Å². The van der Waals surface area contributed by atoms with Crippen molar-refractivity contribution in [3.8, 4) is 22.7 Å². The maximum atomic E-state index is 12.1. The largest absolute Gasteiger partial charge is 0.407 e. The van der Waals surface area contributed by atoms with Crippen molar-refractivity contribution in [3.63, 3.8) is 0 Å². The number of amides is 1. The first-order chi connectivity index (χ1) is 14.8. The van der Waals surface area contributed by atoms with Gasteiger partial charge < -0.3 is 10.1 Å². The molecule has 0 saturated heterocycles. The van der Waals surface area contributed by atoms with Crippen molar-refractivity contribution in [1.29, 1.82) is 0 Å². The summed E-state index contributed by atoms with van der Waals surface area (Å²) in [6.45, 7) is 9.44. The van der Waals surface area contributed by atoms with E-state index in [-0.39, 0.29) is 5.91 Å². The number of aryl methyl sites for hydroxylation is 2. The molecule has 6 heteroatoms. The van der Waals surface area contributed by atoms with Gasteiger partial charge in [0, 0.05) is 19.0 Å². The molecule has 0 fully saturated rings. The van der Waals surface area contributed by atoms with Crippen molar-refractivity contribution < 1.29 is 14.3 Å². The predicted molar refractivity (Wildman–Crippen MR) is 123 cm³/mol. The average Bonchev–Trinajstić information content (AvgIpc) is 3.06. The second-order valence-corrected chi connectivity index (χ2v) is 8.04. The second-order valence-electron chi connectivity index (χ2n) is 8.04. The molecule has 3 aromatic rings. The highest BCUT2D eigenvalue weighted by Crippen LogP contribution is 2.36. The van der Waals surface area contributed by atoms with E-state index in [0.29, 0.717) is 24.6 Å². The number of nitrogens with one attached hydrogen (secondary N) is 1. The van der Waals surface area contributed by atoms with Crippen molar-refractivity contribution in [3.05, 3.63) is 59.8 Å². The molecule has 0 atom stereocenters. The van der Waals surface area contributed by atoms with Crippen LogP contribution in [0, 0.1) is 12.8 Å². The first-order valence-corrected chi connectivity index (χ1v) is 10.6. The molecule has 0 aliphatic carbocycles. The molecule has 162 valence electrons. The average molecular weight is 420 g/mol. The summed E-state index contributed by atoms with van der Waals surface area (Å²) >= 11 is 0. The highest BCUT2D eigenvalue weighted by molar-refractivity contribution is 5.91.